The molecule has 3 aromatic heterocycles. The van der Waals surface area contributed by atoms with Gasteiger partial charge in [0, 0.05) is 54.0 Å². The quantitative estimate of drug-likeness (QED) is 0.204. The molecule has 3 radical (unpaired) electrons. The Morgan fingerprint density at radius 2 is 1.20 bits per heavy atom. The first-order valence-corrected chi connectivity index (χ1v) is 15.7. The van der Waals surface area contributed by atoms with Crippen molar-refractivity contribution in [3.63, 3.8) is 0 Å². The number of fused-ring (bicyclic) bond motifs is 8. The van der Waals surface area contributed by atoms with Gasteiger partial charge >= 0.3 is 0 Å². The number of hydrogen-bond acceptors (Lipinski definition) is 2. The first-order chi connectivity index (χ1) is 19.5. The molecule has 41 heavy (non-hydrogen) atoms. The van der Waals surface area contributed by atoms with Gasteiger partial charge in [-0.15, -0.1) is 0 Å². The van der Waals surface area contributed by atoms with Crippen LogP contribution in [0.3, 0.4) is 0 Å². The Labute approximate surface area is 259 Å². The molecule has 0 aliphatic carbocycles. The monoisotopic (exact) mass is 603 g/mol. The Kier molecular flexibility index (Phi) is 9.92. The maximum atomic E-state index is 5.61. The Morgan fingerprint density at radius 3 is 1.73 bits per heavy atom. The van der Waals surface area contributed by atoms with Gasteiger partial charge in [0.25, 0.3) is 0 Å². The second-order valence-electron chi connectivity index (χ2n) is 10.8. The minimum absolute atomic E-state index is 0. The first-order valence-electron chi connectivity index (χ1n) is 15.7. The minimum Gasteiger partial charge on any atom is -0.355 e. The average Bonchev–Trinajstić information content (AvgIpc) is 3.73. The van der Waals surface area contributed by atoms with E-state index in [1.54, 1.807) is 0 Å². The summed E-state index contributed by atoms with van der Waals surface area (Å²) in [5, 5.41) is 0. The number of aryl methyl sites for hydroxylation is 6. The largest absolute Gasteiger partial charge is 0.355 e. The van der Waals surface area contributed by atoms with Gasteiger partial charge in [0.1, 0.15) is 0 Å². The van der Waals surface area contributed by atoms with E-state index in [4.69, 9.17) is 9.97 Å². The maximum absolute atomic E-state index is 5.61. The van der Waals surface area contributed by atoms with Crippen LogP contribution in [0.2, 0.25) is 0 Å². The number of allylic oxidation sites excluding steroid dienone is 2. The van der Waals surface area contributed by atoms with E-state index in [-0.39, 0.29) is 19.8 Å². The summed E-state index contributed by atoms with van der Waals surface area (Å²) in [6.45, 7) is 19.2. The van der Waals surface area contributed by atoms with Crippen molar-refractivity contribution in [1.29, 1.82) is 0 Å². The molecule has 5 rings (SSSR count). The van der Waals surface area contributed by atoms with Crippen LogP contribution in [0.15, 0.2) is 18.2 Å². The summed E-state index contributed by atoms with van der Waals surface area (Å²) >= 11 is 0. The standard InChI is InChI=1S/C36H46N4.Ga/c1-9-22-19-25-20-23-17-18-24(37-23)21-32-26(10-2)29(13-5)36(40(32)16-8)31(15-7)35-28(12-4)27(11-3)34(39-35)30(14-6)33(22)38-25;/h17-21,38H,9-16H2,1-8H3;. The number of rotatable bonds is 8. The van der Waals surface area contributed by atoms with E-state index in [1.807, 2.05) is 0 Å². The van der Waals surface area contributed by atoms with E-state index >= 15 is 0 Å². The van der Waals surface area contributed by atoms with E-state index in [2.05, 4.69) is 95.3 Å². The van der Waals surface area contributed by atoms with Crippen LogP contribution in [0.1, 0.15) is 119 Å². The SMILES string of the molecule is CCC1=C(CC)c2nc1c(CC)c1[nH]c(cc3nc(cc4c(CC)c(CC)c(c2CC)n4CC)C=C3)cc1CC.[Ga]. The second-order valence-corrected chi connectivity index (χ2v) is 10.8. The third-order valence-corrected chi connectivity index (χ3v) is 8.85. The molecule has 1 N–H and O–H groups in total. The molecule has 4 nitrogen and oxygen atoms in total. The Balaban J connectivity index is 0.00000387. The molecule has 5 heteroatoms. The molecule has 0 saturated carbocycles. The number of aromatic nitrogens is 4. The van der Waals surface area contributed by atoms with Crippen LogP contribution in [0.5, 0.6) is 0 Å². The zero-order valence-corrected chi connectivity index (χ0v) is 28.9. The van der Waals surface area contributed by atoms with Gasteiger partial charge in [-0.3, -0.25) is 0 Å². The molecule has 5 heterocycles. The van der Waals surface area contributed by atoms with Gasteiger partial charge in [-0.2, -0.15) is 0 Å². The molecule has 0 fully saturated rings. The van der Waals surface area contributed by atoms with Crippen LogP contribution in [0.25, 0.3) is 45.4 Å². The normalized spacial score (nSPS) is 12.8. The third kappa shape index (κ3) is 5.21. The van der Waals surface area contributed by atoms with Crippen molar-refractivity contribution in [1.82, 2.24) is 19.5 Å². The van der Waals surface area contributed by atoms with Gasteiger partial charge in [0.2, 0.25) is 0 Å². The van der Waals surface area contributed by atoms with Crippen LogP contribution < -0.4 is 0 Å². The van der Waals surface area contributed by atoms with Crippen LogP contribution in [-0.4, -0.2) is 39.3 Å². The number of hydrogen-bond donors (Lipinski definition) is 1. The Hall–Kier alpha value is -2.76. The van der Waals surface area contributed by atoms with Gasteiger partial charge in [-0.25, -0.2) is 9.97 Å². The number of nitrogens with zero attached hydrogens (tertiary/aromatic N) is 3. The van der Waals surface area contributed by atoms with E-state index in [0.29, 0.717) is 0 Å². The number of aromatic amines is 1. The summed E-state index contributed by atoms with van der Waals surface area (Å²) < 4.78 is 2.55. The molecule has 213 valence electrons. The molecular weight excluding hydrogens is 558 g/mol. The number of H-pyrrole nitrogens is 1. The smallest absolute Gasteiger partial charge is 0.0725 e. The fourth-order valence-corrected chi connectivity index (χ4v) is 7.06. The molecule has 2 aliphatic rings. The molecule has 0 aromatic carbocycles. The van der Waals surface area contributed by atoms with Crippen LogP contribution in [0.4, 0.5) is 0 Å². The molecule has 3 aromatic rings. The van der Waals surface area contributed by atoms with Gasteiger partial charge in [-0.05, 0) is 110 Å². The average molecular weight is 605 g/mol. The molecule has 8 bridgehead atoms. The van der Waals surface area contributed by atoms with Crippen molar-refractivity contribution in [3.05, 3.63) is 68.8 Å². The van der Waals surface area contributed by atoms with E-state index in [0.717, 1.165) is 68.4 Å². The molecule has 2 aliphatic heterocycles. The summed E-state index contributed by atoms with van der Waals surface area (Å²) in [5.74, 6) is 0. The maximum Gasteiger partial charge on any atom is 0.0725 e. The minimum atomic E-state index is 0. The van der Waals surface area contributed by atoms with E-state index < -0.39 is 0 Å². The Morgan fingerprint density at radius 1 is 0.610 bits per heavy atom. The third-order valence-electron chi connectivity index (χ3n) is 8.85. The summed E-state index contributed by atoms with van der Waals surface area (Å²) in [7, 11) is 0. The molecule has 0 saturated heterocycles. The first kappa shape index (κ1) is 31.2. The summed E-state index contributed by atoms with van der Waals surface area (Å²) in [6.07, 6.45) is 11.2. The topological polar surface area (TPSA) is 46.5 Å². The van der Waals surface area contributed by atoms with Crippen LogP contribution in [0, 0.1) is 0 Å². The van der Waals surface area contributed by atoms with Gasteiger partial charge < -0.3 is 9.55 Å². The fraction of sp³-hybridized carbons (Fsp3) is 0.444. The zero-order chi connectivity index (χ0) is 28.6. The molecule has 0 spiro atoms. The second kappa shape index (κ2) is 13.0. The predicted octanol–water partition coefficient (Wildman–Crippen LogP) is 9.14. The van der Waals surface area contributed by atoms with Crippen molar-refractivity contribution in [2.45, 2.75) is 107 Å². The van der Waals surface area contributed by atoms with Crippen LogP contribution in [-0.2, 0) is 38.6 Å². The van der Waals surface area contributed by atoms with Crippen molar-refractivity contribution in [2.24, 2.45) is 0 Å². The molecule has 0 atom stereocenters. The van der Waals surface area contributed by atoms with E-state index in [1.165, 1.54) is 66.9 Å². The van der Waals surface area contributed by atoms with Crippen molar-refractivity contribution in [2.75, 3.05) is 0 Å². The molecule has 0 unspecified atom stereocenters. The Bertz CT molecular complexity index is 1680. The fourth-order valence-electron chi connectivity index (χ4n) is 7.06. The van der Waals surface area contributed by atoms with E-state index in [9.17, 15) is 0 Å². The van der Waals surface area contributed by atoms with Crippen molar-refractivity contribution >= 4 is 65.2 Å². The molecule has 0 amide bonds. The van der Waals surface area contributed by atoms with Crippen LogP contribution >= 0.6 is 0 Å². The van der Waals surface area contributed by atoms with Gasteiger partial charge in [-0.1, -0.05) is 48.5 Å². The predicted molar refractivity (Wildman–Crippen MR) is 179 cm³/mol. The van der Waals surface area contributed by atoms with Crippen molar-refractivity contribution < 1.29 is 0 Å². The summed E-state index contributed by atoms with van der Waals surface area (Å²) in [5.41, 5.74) is 19.3. The summed E-state index contributed by atoms with van der Waals surface area (Å²) in [6, 6.07) is 6.80. The summed E-state index contributed by atoms with van der Waals surface area (Å²) in [4.78, 5) is 14.4. The number of nitrogens with one attached hydrogen (secondary N) is 1. The zero-order valence-electron chi connectivity index (χ0n) is 26.5. The molecular formula is C36H46GaN4. The van der Waals surface area contributed by atoms with Crippen molar-refractivity contribution in [3.8, 4) is 0 Å². The van der Waals surface area contributed by atoms with Gasteiger partial charge in [0.15, 0.2) is 0 Å². The van der Waals surface area contributed by atoms with Gasteiger partial charge in [0.05, 0.1) is 28.3 Å².